The lowest BCUT2D eigenvalue weighted by Gasteiger charge is -2.08. The molecule has 0 fully saturated rings. The molecular formula is C14H14BrN. The average Bonchev–Trinajstić information content (AvgIpc) is 2.24. The van der Waals surface area contributed by atoms with Crippen molar-refractivity contribution >= 4 is 27.3 Å². The Morgan fingerprint density at radius 3 is 2.38 bits per heavy atom. The van der Waals surface area contributed by atoms with Gasteiger partial charge < -0.3 is 5.32 Å². The molecule has 0 aliphatic rings. The highest BCUT2D eigenvalue weighted by Crippen LogP contribution is 2.23. The third-order valence-corrected chi connectivity index (χ3v) is 3.35. The van der Waals surface area contributed by atoms with Crippen molar-refractivity contribution in [2.24, 2.45) is 0 Å². The molecule has 0 aliphatic carbocycles. The van der Waals surface area contributed by atoms with E-state index in [-0.39, 0.29) is 0 Å². The summed E-state index contributed by atoms with van der Waals surface area (Å²) >= 11 is 3.50. The fourth-order valence-corrected chi connectivity index (χ4v) is 1.86. The Hall–Kier alpha value is -1.28. The number of hydrogen-bond donors (Lipinski definition) is 1. The van der Waals surface area contributed by atoms with Crippen LogP contribution in [0.3, 0.4) is 0 Å². The first-order valence-corrected chi connectivity index (χ1v) is 6.04. The number of benzene rings is 2. The standard InChI is InChI=1S/C14H14BrN/c1-10-4-3-5-12(8-10)16-13-6-7-14(15)11(2)9-13/h3-9,16H,1-2H3. The highest BCUT2D eigenvalue weighted by atomic mass is 79.9. The molecule has 2 heteroatoms. The summed E-state index contributed by atoms with van der Waals surface area (Å²) in [5.41, 5.74) is 4.74. The van der Waals surface area contributed by atoms with Crippen molar-refractivity contribution in [2.45, 2.75) is 13.8 Å². The van der Waals surface area contributed by atoms with Crippen LogP contribution in [0.2, 0.25) is 0 Å². The number of hydrogen-bond acceptors (Lipinski definition) is 1. The van der Waals surface area contributed by atoms with Crippen molar-refractivity contribution in [3.8, 4) is 0 Å². The second-order valence-corrected chi connectivity index (χ2v) is 4.81. The van der Waals surface area contributed by atoms with Crippen molar-refractivity contribution in [3.05, 3.63) is 58.1 Å². The summed E-state index contributed by atoms with van der Waals surface area (Å²) in [5, 5.41) is 3.39. The van der Waals surface area contributed by atoms with Gasteiger partial charge in [-0.3, -0.25) is 0 Å². The normalized spacial score (nSPS) is 10.2. The molecule has 0 saturated carbocycles. The van der Waals surface area contributed by atoms with Gasteiger partial charge in [-0.25, -0.2) is 0 Å². The second-order valence-electron chi connectivity index (χ2n) is 3.96. The molecule has 0 spiro atoms. The Balaban J connectivity index is 2.24. The molecular weight excluding hydrogens is 262 g/mol. The predicted octanol–water partition coefficient (Wildman–Crippen LogP) is 4.81. The Morgan fingerprint density at radius 1 is 0.938 bits per heavy atom. The largest absolute Gasteiger partial charge is 0.356 e. The molecule has 0 aliphatic heterocycles. The van der Waals surface area contributed by atoms with Gasteiger partial charge in [0.25, 0.3) is 0 Å². The Labute approximate surface area is 105 Å². The number of aryl methyl sites for hydroxylation is 2. The van der Waals surface area contributed by atoms with Gasteiger partial charge in [0.2, 0.25) is 0 Å². The maximum absolute atomic E-state index is 3.50. The molecule has 0 saturated heterocycles. The Morgan fingerprint density at radius 2 is 1.69 bits per heavy atom. The van der Waals surface area contributed by atoms with E-state index in [1.807, 2.05) is 0 Å². The lowest BCUT2D eigenvalue weighted by atomic mass is 10.2. The van der Waals surface area contributed by atoms with Gasteiger partial charge in [0.05, 0.1) is 0 Å². The minimum absolute atomic E-state index is 1.12. The van der Waals surface area contributed by atoms with Crippen LogP contribution in [0, 0.1) is 13.8 Å². The van der Waals surface area contributed by atoms with Crippen LogP contribution in [0.5, 0.6) is 0 Å². The van der Waals surface area contributed by atoms with E-state index in [0.29, 0.717) is 0 Å². The van der Waals surface area contributed by atoms with Crippen LogP contribution in [0.15, 0.2) is 46.9 Å². The molecule has 0 bridgehead atoms. The fraction of sp³-hybridized carbons (Fsp3) is 0.143. The van der Waals surface area contributed by atoms with Gasteiger partial charge in [-0.2, -0.15) is 0 Å². The highest BCUT2D eigenvalue weighted by molar-refractivity contribution is 9.10. The van der Waals surface area contributed by atoms with Gasteiger partial charge >= 0.3 is 0 Å². The van der Waals surface area contributed by atoms with E-state index in [1.165, 1.54) is 11.1 Å². The van der Waals surface area contributed by atoms with E-state index < -0.39 is 0 Å². The summed E-state index contributed by atoms with van der Waals surface area (Å²) in [6.07, 6.45) is 0. The van der Waals surface area contributed by atoms with Crippen LogP contribution in [-0.2, 0) is 0 Å². The second kappa shape index (κ2) is 4.71. The third-order valence-electron chi connectivity index (χ3n) is 2.46. The van der Waals surface area contributed by atoms with Crippen molar-refractivity contribution in [3.63, 3.8) is 0 Å². The van der Waals surface area contributed by atoms with Gasteiger partial charge in [0.15, 0.2) is 0 Å². The molecule has 1 N–H and O–H groups in total. The SMILES string of the molecule is Cc1cccc(Nc2ccc(Br)c(C)c2)c1. The zero-order valence-electron chi connectivity index (χ0n) is 9.42. The van der Waals surface area contributed by atoms with Crippen LogP contribution >= 0.6 is 15.9 Å². The van der Waals surface area contributed by atoms with Crippen molar-refractivity contribution in [1.29, 1.82) is 0 Å². The van der Waals surface area contributed by atoms with E-state index in [2.05, 4.69) is 77.6 Å². The molecule has 0 amide bonds. The highest BCUT2D eigenvalue weighted by Gasteiger charge is 1.98. The molecule has 2 aromatic rings. The minimum Gasteiger partial charge on any atom is -0.356 e. The smallest absolute Gasteiger partial charge is 0.0387 e. The summed E-state index contributed by atoms with van der Waals surface area (Å²) in [7, 11) is 0. The summed E-state index contributed by atoms with van der Waals surface area (Å²) in [6, 6.07) is 14.6. The monoisotopic (exact) mass is 275 g/mol. The topological polar surface area (TPSA) is 12.0 Å². The van der Waals surface area contributed by atoms with Gasteiger partial charge in [0.1, 0.15) is 0 Å². The van der Waals surface area contributed by atoms with E-state index >= 15 is 0 Å². The maximum atomic E-state index is 3.50. The van der Waals surface area contributed by atoms with E-state index in [4.69, 9.17) is 0 Å². The Bertz CT molecular complexity index is 506. The van der Waals surface area contributed by atoms with Crippen molar-refractivity contribution in [2.75, 3.05) is 5.32 Å². The van der Waals surface area contributed by atoms with Crippen molar-refractivity contribution in [1.82, 2.24) is 0 Å². The summed E-state index contributed by atoms with van der Waals surface area (Å²) in [5.74, 6) is 0. The quantitative estimate of drug-likeness (QED) is 0.830. The number of nitrogens with one attached hydrogen (secondary N) is 1. The van der Waals surface area contributed by atoms with Gasteiger partial charge in [-0.05, 0) is 55.3 Å². The molecule has 0 heterocycles. The van der Waals surface area contributed by atoms with E-state index in [1.54, 1.807) is 0 Å². The van der Waals surface area contributed by atoms with E-state index in [0.717, 1.165) is 15.8 Å². The minimum atomic E-state index is 1.12. The summed E-state index contributed by atoms with van der Waals surface area (Å²) < 4.78 is 1.14. The average molecular weight is 276 g/mol. The lowest BCUT2D eigenvalue weighted by molar-refractivity contribution is 1.40. The maximum Gasteiger partial charge on any atom is 0.0387 e. The number of halogens is 1. The first kappa shape index (κ1) is 11.2. The van der Waals surface area contributed by atoms with Gasteiger partial charge in [-0.15, -0.1) is 0 Å². The fourth-order valence-electron chi connectivity index (χ4n) is 1.61. The first-order chi connectivity index (χ1) is 7.65. The van der Waals surface area contributed by atoms with Gasteiger partial charge in [0, 0.05) is 15.8 Å². The Kier molecular flexibility index (Phi) is 3.30. The summed E-state index contributed by atoms with van der Waals surface area (Å²) in [4.78, 5) is 0. The van der Waals surface area contributed by atoms with Gasteiger partial charge in [-0.1, -0.05) is 28.1 Å². The third kappa shape index (κ3) is 2.64. The van der Waals surface area contributed by atoms with E-state index in [9.17, 15) is 0 Å². The molecule has 1 nitrogen and oxygen atoms in total. The molecule has 2 aromatic carbocycles. The van der Waals surface area contributed by atoms with Crippen LogP contribution in [0.1, 0.15) is 11.1 Å². The molecule has 82 valence electrons. The van der Waals surface area contributed by atoms with Crippen LogP contribution < -0.4 is 5.32 Å². The number of anilines is 2. The predicted molar refractivity (Wildman–Crippen MR) is 73.3 cm³/mol. The molecule has 0 unspecified atom stereocenters. The first-order valence-electron chi connectivity index (χ1n) is 5.25. The molecule has 16 heavy (non-hydrogen) atoms. The molecule has 0 aromatic heterocycles. The van der Waals surface area contributed by atoms with Crippen molar-refractivity contribution < 1.29 is 0 Å². The van der Waals surface area contributed by atoms with Crippen LogP contribution in [0.4, 0.5) is 11.4 Å². The molecule has 2 rings (SSSR count). The zero-order valence-corrected chi connectivity index (χ0v) is 11.0. The lowest BCUT2D eigenvalue weighted by Crippen LogP contribution is -1.91. The molecule has 0 radical (unpaired) electrons. The zero-order chi connectivity index (χ0) is 11.5. The van der Waals surface area contributed by atoms with Crippen LogP contribution in [0.25, 0.3) is 0 Å². The summed E-state index contributed by atoms with van der Waals surface area (Å²) in [6.45, 7) is 4.18. The van der Waals surface area contributed by atoms with Crippen LogP contribution in [-0.4, -0.2) is 0 Å². The molecule has 0 atom stereocenters. The number of rotatable bonds is 2.